The van der Waals surface area contributed by atoms with Gasteiger partial charge in [0.25, 0.3) is 0 Å². The van der Waals surface area contributed by atoms with Gasteiger partial charge in [-0.05, 0) is 37.3 Å². The van der Waals surface area contributed by atoms with E-state index < -0.39 is 0 Å². The first kappa shape index (κ1) is 20.7. The van der Waals surface area contributed by atoms with E-state index in [-0.39, 0.29) is 24.2 Å². The Balaban J connectivity index is 1.34. The maximum Gasteiger partial charge on any atom is 0.228 e. The second-order valence-electron chi connectivity index (χ2n) is 8.47. The van der Waals surface area contributed by atoms with E-state index in [4.69, 9.17) is 0 Å². The van der Waals surface area contributed by atoms with Gasteiger partial charge in [-0.1, -0.05) is 0 Å². The predicted octanol–water partition coefficient (Wildman–Crippen LogP) is 2.68. The van der Waals surface area contributed by atoms with E-state index in [0.29, 0.717) is 35.7 Å². The zero-order valence-corrected chi connectivity index (χ0v) is 17.7. The second-order valence-corrected chi connectivity index (χ2v) is 8.47. The third-order valence-electron chi connectivity index (χ3n) is 6.46. The van der Waals surface area contributed by atoms with Crippen molar-refractivity contribution >= 4 is 28.6 Å². The number of hydrogen-bond donors (Lipinski definition) is 1. The molecule has 1 atom stereocenters. The molecule has 5 rings (SSSR count). The number of carbonyl (C=O) groups is 1. The Kier molecular flexibility index (Phi) is 5.65. The molecule has 0 spiro atoms. The highest BCUT2D eigenvalue weighted by atomic mass is 19.1. The molecule has 0 saturated carbocycles. The molecular formula is C23H25FN6O2. The molecule has 2 fully saturated rings. The van der Waals surface area contributed by atoms with Gasteiger partial charge in [0.2, 0.25) is 5.91 Å². The van der Waals surface area contributed by atoms with Crippen LogP contribution >= 0.6 is 0 Å². The van der Waals surface area contributed by atoms with Crippen LogP contribution in [0.4, 0.5) is 16.0 Å². The third-order valence-corrected chi connectivity index (χ3v) is 6.46. The van der Waals surface area contributed by atoms with Gasteiger partial charge < -0.3 is 10.0 Å². The Morgan fingerprint density at radius 3 is 2.62 bits per heavy atom. The molecule has 9 heteroatoms. The van der Waals surface area contributed by atoms with Crippen LogP contribution in [0.2, 0.25) is 0 Å². The van der Waals surface area contributed by atoms with E-state index >= 15 is 0 Å². The number of nitrogens with zero attached hydrogens (tertiary/aromatic N) is 6. The molecule has 1 aromatic carbocycles. The van der Waals surface area contributed by atoms with Crippen LogP contribution in [-0.2, 0) is 4.79 Å². The number of amides is 1. The summed E-state index contributed by atoms with van der Waals surface area (Å²) in [5.74, 6) is 1.17. The Labute approximate surface area is 185 Å². The van der Waals surface area contributed by atoms with Crippen LogP contribution in [0.3, 0.4) is 0 Å². The molecule has 1 unspecified atom stereocenters. The van der Waals surface area contributed by atoms with Gasteiger partial charge in [-0.15, -0.1) is 0 Å². The number of rotatable bonds is 4. The number of aliphatic hydroxyl groups excluding tert-OH is 1. The van der Waals surface area contributed by atoms with Gasteiger partial charge >= 0.3 is 0 Å². The number of halogens is 1. The van der Waals surface area contributed by atoms with Crippen molar-refractivity contribution in [1.29, 1.82) is 0 Å². The summed E-state index contributed by atoms with van der Waals surface area (Å²) in [6.45, 7) is 2.36. The molecule has 2 aliphatic rings. The van der Waals surface area contributed by atoms with E-state index in [1.807, 2.05) is 0 Å². The average molecular weight is 436 g/mol. The van der Waals surface area contributed by atoms with E-state index in [1.54, 1.807) is 29.6 Å². The Hall–Kier alpha value is -3.20. The number of piperidine rings is 2. The van der Waals surface area contributed by atoms with Gasteiger partial charge in [0, 0.05) is 57.0 Å². The van der Waals surface area contributed by atoms with E-state index in [0.717, 1.165) is 43.9 Å². The van der Waals surface area contributed by atoms with Crippen molar-refractivity contribution in [1.82, 2.24) is 19.9 Å². The van der Waals surface area contributed by atoms with Gasteiger partial charge in [0.15, 0.2) is 11.6 Å². The molecule has 2 aromatic heterocycles. The number of carbonyl (C=O) groups excluding carboxylic acids is 1. The number of aliphatic hydroxyl groups is 1. The van der Waals surface area contributed by atoms with Crippen LogP contribution in [0.5, 0.6) is 0 Å². The molecule has 1 amide bonds. The van der Waals surface area contributed by atoms with Crippen molar-refractivity contribution in [3.63, 3.8) is 0 Å². The zero-order chi connectivity index (χ0) is 22.1. The monoisotopic (exact) mass is 436 g/mol. The summed E-state index contributed by atoms with van der Waals surface area (Å²) in [4.78, 5) is 34.9. The fourth-order valence-corrected chi connectivity index (χ4v) is 4.61. The maximum atomic E-state index is 13.6. The molecule has 0 bridgehead atoms. The summed E-state index contributed by atoms with van der Waals surface area (Å²) in [6, 6.07) is 4.25. The highest BCUT2D eigenvalue weighted by Crippen LogP contribution is 2.35. The summed E-state index contributed by atoms with van der Waals surface area (Å²) in [5.41, 5.74) is 1.88. The SMILES string of the molecule is O=C1CC(c2nccnc2N2CCC(CO)CC2)CCN1c1cnc2ccc(F)cc2n1. The van der Waals surface area contributed by atoms with E-state index in [2.05, 4.69) is 24.8 Å². The second kappa shape index (κ2) is 8.74. The number of hydrogen-bond acceptors (Lipinski definition) is 7. The lowest BCUT2D eigenvalue weighted by Crippen LogP contribution is -2.40. The van der Waals surface area contributed by atoms with Crippen LogP contribution in [0, 0.1) is 11.7 Å². The van der Waals surface area contributed by atoms with Gasteiger partial charge in [-0.3, -0.25) is 19.7 Å². The van der Waals surface area contributed by atoms with Crippen LogP contribution < -0.4 is 9.80 Å². The topological polar surface area (TPSA) is 95.3 Å². The molecule has 32 heavy (non-hydrogen) atoms. The Morgan fingerprint density at radius 2 is 1.84 bits per heavy atom. The lowest BCUT2D eigenvalue weighted by Gasteiger charge is -2.35. The van der Waals surface area contributed by atoms with Crippen molar-refractivity contribution in [3.05, 3.63) is 48.3 Å². The minimum atomic E-state index is -0.382. The van der Waals surface area contributed by atoms with Crippen LogP contribution in [0.15, 0.2) is 36.8 Å². The van der Waals surface area contributed by atoms with Gasteiger partial charge in [0.05, 0.1) is 22.9 Å². The Bertz CT molecular complexity index is 1130. The summed E-state index contributed by atoms with van der Waals surface area (Å²) in [6.07, 6.45) is 7.82. The Morgan fingerprint density at radius 1 is 1.03 bits per heavy atom. The highest BCUT2D eigenvalue weighted by molar-refractivity contribution is 5.94. The predicted molar refractivity (Wildman–Crippen MR) is 118 cm³/mol. The first-order chi connectivity index (χ1) is 15.6. The molecule has 1 N–H and O–H groups in total. The van der Waals surface area contributed by atoms with E-state index in [1.165, 1.54) is 12.1 Å². The number of anilines is 2. The first-order valence-corrected chi connectivity index (χ1v) is 11.0. The molecule has 4 heterocycles. The van der Waals surface area contributed by atoms with Crippen LogP contribution in [0.25, 0.3) is 11.0 Å². The molecule has 166 valence electrons. The standard InChI is InChI=1S/C23H25FN6O2/c24-17-1-2-18-19(12-17)28-20(13-27-18)30-10-5-16(11-21(30)32)22-23(26-7-6-25-22)29-8-3-15(14-31)4-9-29/h1-2,6-7,12-13,15-16,31H,3-5,8-11,14H2. The summed E-state index contributed by atoms with van der Waals surface area (Å²) >= 11 is 0. The van der Waals surface area contributed by atoms with Crippen LogP contribution in [-0.4, -0.2) is 57.2 Å². The fraction of sp³-hybridized carbons (Fsp3) is 0.435. The molecule has 0 aliphatic carbocycles. The lowest BCUT2D eigenvalue weighted by molar-refractivity contribution is -0.120. The largest absolute Gasteiger partial charge is 0.396 e. The van der Waals surface area contributed by atoms with Crippen molar-refractivity contribution in [2.24, 2.45) is 5.92 Å². The van der Waals surface area contributed by atoms with Crippen molar-refractivity contribution in [2.45, 2.75) is 31.6 Å². The molecule has 2 saturated heterocycles. The van der Waals surface area contributed by atoms with Gasteiger partial charge in [0.1, 0.15) is 5.82 Å². The number of fused-ring (bicyclic) bond motifs is 1. The number of benzene rings is 1. The third kappa shape index (κ3) is 4.00. The fourth-order valence-electron chi connectivity index (χ4n) is 4.61. The molecule has 2 aliphatic heterocycles. The maximum absolute atomic E-state index is 13.6. The van der Waals surface area contributed by atoms with Crippen molar-refractivity contribution in [2.75, 3.05) is 36.0 Å². The molecular weight excluding hydrogens is 411 g/mol. The lowest BCUT2D eigenvalue weighted by atomic mass is 9.91. The quantitative estimate of drug-likeness (QED) is 0.672. The van der Waals surface area contributed by atoms with Crippen molar-refractivity contribution < 1.29 is 14.3 Å². The summed E-state index contributed by atoms with van der Waals surface area (Å²) < 4.78 is 13.6. The van der Waals surface area contributed by atoms with Crippen LogP contribution in [0.1, 0.15) is 37.3 Å². The average Bonchev–Trinajstić information content (AvgIpc) is 2.83. The first-order valence-electron chi connectivity index (χ1n) is 11.0. The van der Waals surface area contributed by atoms with E-state index in [9.17, 15) is 14.3 Å². The van der Waals surface area contributed by atoms with Gasteiger partial charge in [-0.2, -0.15) is 0 Å². The highest BCUT2D eigenvalue weighted by Gasteiger charge is 2.33. The smallest absolute Gasteiger partial charge is 0.228 e. The van der Waals surface area contributed by atoms with Crippen molar-refractivity contribution in [3.8, 4) is 0 Å². The summed E-state index contributed by atoms with van der Waals surface area (Å²) in [5, 5.41) is 9.41. The molecule has 3 aromatic rings. The molecule has 0 radical (unpaired) electrons. The molecule has 8 nitrogen and oxygen atoms in total. The minimum absolute atomic E-state index is 0.0242. The summed E-state index contributed by atoms with van der Waals surface area (Å²) in [7, 11) is 0. The van der Waals surface area contributed by atoms with Gasteiger partial charge in [-0.25, -0.2) is 14.4 Å². The zero-order valence-electron chi connectivity index (χ0n) is 17.7. The normalized spacial score (nSPS) is 20.2. The number of aromatic nitrogens is 4. The minimum Gasteiger partial charge on any atom is -0.396 e.